The first-order chi connectivity index (χ1) is 14.2. The molecule has 2 rings (SSSR count). The average Bonchev–Trinajstić information content (AvgIpc) is 3.36. The third-order valence-corrected chi connectivity index (χ3v) is 6.94. The van der Waals surface area contributed by atoms with Gasteiger partial charge in [-0.25, -0.2) is 0 Å². The number of hydrogen-bond donors (Lipinski definition) is 2. The summed E-state index contributed by atoms with van der Waals surface area (Å²) in [5.41, 5.74) is 0.105. The number of aliphatic hydroxyl groups excluding tert-OH is 2. The summed E-state index contributed by atoms with van der Waals surface area (Å²) >= 11 is 0. The van der Waals surface area contributed by atoms with E-state index in [-0.39, 0.29) is 36.3 Å². The summed E-state index contributed by atoms with van der Waals surface area (Å²) in [7, 11) is 0. The van der Waals surface area contributed by atoms with E-state index in [1.54, 1.807) is 0 Å². The summed E-state index contributed by atoms with van der Waals surface area (Å²) in [6.07, 6.45) is 19.5. The van der Waals surface area contributed by atoms with E-state index in [0.717, 1.165) is 51.4 Å². The molecule has 2 aliphatic rings. The van der Waals surface area contributed by atoms with Crippen molar-refractivity contribution >= 4 is 0 Å². The first-order valence-electron chi connectivity index (χ1n) is 12.4. The second kappa shape index (κ2) is 12.6. The zero-order chi connectivity index (χ0) is 22.0. The molecule has 0 spiro atoms. The molecule has 0 aromatic rings. The van der Waals surface area contributed by atoms with E-state index in [0.29, 0.717) is 12.2 Å². The van der Waals surface area contributed by atoms with Gasteiger partial charge in [-0.2, -0.15) is 0 Å². The highest BCUT2D eigenvalue weighted by Gasteiger charge is 2.26. The molecule has 0 radical (unpaired) electrons. The second-order valence-electron chi connectivity index (χ2n) is 11.3. The minimum atomic E-state index is 0.0525. The summed E-state index contributed by atoms with van der Waals surface area (Å²) in [5.74, 6) is 0. The van der Waals surface area contributed by atoms with Crippen LogP contribution in [-0.4, -0.2) is 47.8 Å². The first kappa shape index (κ1) is 25.8. The SMILES string of the molecule is CC(C)(CO)CCCCC1CCC(/C=C\C2CCC(CCCCC(C)(C)CO)O2)O1. The normalized spacial score (nSPS) is 28.1. The lowest BCUT2D eigenvalue weighted by molar-refractivity contribution is 0.0545. The fraction of sp³-hybridized carbons (Fsp3) is 0.923. The van der Waals surface area contributed by atoms with Crippen LogP contribution in [0.1, 0.15) is 105 Å². The molecule has 4 nitrogen and oxygen atoms in total. The standard InChI is InChI=1S/C26H48O4/c1-25(2,19-27)17-7-5-9-21-11-13-23(29-21)15-16-24-14-12-22(30-24)10-6-8-18-26(3,4)20-28/h15-16,21-24,27-28H,5-14,17-20H2,1-4H3/b16-15-. The van der Waals surface area contributed by atoms with Gasteiger partial charge in [0, 0.05) is 13.2 Å². The maximum atomic E-state index is 9.35. The van der Waals surface area contributed by atoms with Gasteiger partial charge in [0.25, 0.3) is 0 Å². The van der Waals surface area contributed by atoms with Crippen LogP contribution in [0.5, 0.6) is 0 Å². The van der Waals surface area contributed by atoms with Crippen LogP contribution in [-0.2, 0) is 9.47 Å². The Morgan fingerprint density at radius 3 is 1.43 bits per heavy atom. The third kappa shape index (κ3) is 9.80. The molecule has 0 saturated carbocycles. The minimum absolute atomic E-state index is 0.0525. The molecule has 176 valence electrons. The second-order valence-corrected chi connectivity index (χ2v) is 11.3. The maximum Gasteiger partial charge on any atom is 0.0761 e. The van der Waals surface area contributed by atoms with Crippen molar-refractivity contribution in [1.29, 1.82) is 0 Å². The van der Waals surface area contributed by atoms with Crippen molar-refractivity contribution in [3.05, 3.63) is 12.2 Å². The van der Waals surface area contributed by atoms with E-state index in [1.165, 1.54) is 25.7 Å². The zero-order valence-electron chi connectivity index (χ0n) is 20.1. The van der Waals surface area contributed by atoms with Crippen molar-refractivity contribution in [1.82, 2.24) is 0 Å². The van der Waals surface area contributed by atoms with Gasteiger partial charge < -0.3 is 19.7 Å². The highest BCUT2D eigenvalue weighted by molar-refractivity contribution is 4.99. The predicted molar refractivity (Wildman–Crippen MR) is 124 cm³/mol. The Morgan fingerprint density at radius 1 is 0.667 bits per heavy atom. The highest BCUT2D eigenvalue weighted by atomic mass is 16.5. The molecule has 2 fully saturated rings. The largest absolute Gasteiger partial charge is 0.396 e. The zero-order valence-corrected chi connectivity index (χ0v) is 20.1. The predicted octanol–water partition coefficient (Wildman–Crippen LogP) is 5.80. The average molecular weight is 425 g/mol. The Balaban J connectivity index is 1.55. The van der Waals surface area contributed by atoms with Crippen molar-refractivity contribution in [2.75, 3.05) is 13.2 Å². The van der Waals surface area contributed by atoms with Gasteiger partial charge >= 0.3 is 0 Å². The van der Waals surface area contributed by atoms with Gasteiger partial charge in [-0.15, -0.1) is 0 Å². The van der Waals surface area contributed by atoms with Crippen molar-refractivity contribution in [3.63, 3.8) is 0 Å². The van der Waals surface area contributed by atoms with E-state index < -0.39 is 0 Å². The molecule has 0 aromatic carbocycles. The first-order valence-corrected chi connectivity index (χ1v) is 12.4. The summed E-state index contributed by atoms with van der Waals surface area (Å²) in [6.45, 7) is 9.07. The van der Waals surface area contributed by atoms with Crippen LogP contribution in [0.2, 0.25) is 0 Å². The molecule has 4 heteroatoms. The van der Waals surface area contributed by atoms with Crippen molar-refractivity contribution in [2.45, 2.75) is 129 Å². The maximum absolute atomic E-state index is 9.35. The molecule has 2 aliphatic heterocycles. The highest BCUT2D eigenvalue weighted by Crippen LogP contribution is 2.30. The number of hydrogen-bond acceptors (Lipinski definition) is 4. The molecule has 0 aromatic heterocycles. The van der Waals surface area contributed by atoms with E-state index >= 15 is 0 Å². The molecule has 0 aliphatic carbocycles. The van der Waals surface area contributed by atoms with Crippen LogP contribution in [0.3, 0.4) is 0 Å². The Bertz CT molecular complexity index is 455. The number of aliphatic hydroxyl groups is 2. The van der Waals surface area contributed by atoms with Crippen LogP contribution in [0.15, 0.2) is 12.2 Å². The molecule has 4 atom stereocenters. The lowest BCUT2D eigenvalue weighted by Gasteiger charge is -2.21. The van der Waals surface area contributed by atoms with Crippen LogP contribution < -0.4 is 0 Å². The van der Waals surface area contributed by atoms with E-state index in [1.807, 2.05) is 0 Å². The Labute approximate surface area is 185 Å². The van der Waals surface area contributed by atoms with Gasteiger partial charge in [0.05, 0.1) is 24.4 Å². The van der Waals surface area contributed by atoms with Gasteiger partial charge in [0.15, 0.2) is 0 Å². The Morgan fingerprint density at radius 2 is 1.07 bits per heavy atom. The van der Waals surface area contributed by atoms with E-state index in [9.17, 15) is 10.2 Å². The number of rotatable bonds is 14. The van der Waals surface area contributed by atoms with E-state index in [4.69, 9.17) is 9.47 Å². The molecule has 2 heterocycles. The molecule has 2 N–H and O–H groups in total. The van der Waals surface area contributed by atoms with Gasteiger partial charge in [0.1, 0.15) is 0 Å². The summed E-state index contributed by atoms with van der Waals surface area (Å²) in [5, 5.41) is 18.7. The molecule has 30 heavy (non-hydrogen) atoms. The van der Waals surface area contributed by atoms with Crippen molar-refractivity contribution in [3.8, 4) is 0 Å². The smallest absolute Gasteiger partial charge is 0.0761 e. The molecule has 4 unspecified atom stereocenters. The number of unbranched alkanes of at least 4 members (excludes halogenated alkanes) is 2. The topological polar surface area (TPSA) is 58.9 Å². The molecular formula is C26H48O4. The fourth-order valence-corrected chi connectivity index (χ4v) is 4.53. The molecule has 0 bridgehead atoms. The van der Waals surface area contributed by atoms with Gasteiger partial charge in [-0.3, -0.25) is 0 Å². The summed E-state index contributed by atoms with van der Waals surface area (Å²) < 4.78 is 12.4. The molecule has 2 saturated heterocycles. The fourth-order valence-electron chi connectivity index (χ4n) is 4.53. The van der Waals surface area contributed by atoms with Crippen molar-refractivity contribution < 1.29 is 19.7 Å². The quantitative estimate of drug-likeness (QED) is 0.273. The third-order valence-electron chi connectivity index (χ3n) is 6.94. The van der Waals surface area contributed by atoms with Crippen LogP contribution in [0.25, 0.3) is 0 Å². The molecular weight excluding hydrogens is 376 g/mol. The Hall–Kier alpha value is -0.420. The number of ether oxygens (including phenoxy) is 2. The van der Waals surface area contributed by atoms with Crippen LogP contribution >= 0.6 is 0 Å². The molecule has 0 amide bonds. The van der Waals surface area contributed by atoms with Gasteiger partial charge in [-0.1, -0.05) is 65.5 Å². The van der Waals surface area contributed by atoms with E-state index in [2.05, 4.69) is 39.8 Å². The van der Waals surface area contributed by atoms with Crippen LogP contribution in [0.4, 0.5) is 0 Å². The minimum Gasteiger partial charge on any atom is -0.396 e. The Kier molecular flexibility index (Phi) is 10.8. The van der Waals surface area contributed by atoms with Crippen LogP contribution in [0, 0.1) is 10.8 Å². The van der Waals surface area contributed by atoms with Gasteiger partial charge in [0.2, 0.25) is 0 Å². The summed E-state index contributed by atoms with van der Waals surface area (Å²) in [4.78, 5) is 0. The monoisotopic (exact) mass is 424 g/mol. The lowest BCUT2D eigenvalue weighted by Crippen LogP contribution is -2.16. The van der Waals surface area contributed by atoms with Gasteiger partial charge in [-0.05, 0) is 62.2 Å². The van der Waals surface area contributed by atoms with Crippen molar-refractivity contribution in [2.24, 2.45) is 10.8 Å². The lowest BCUT2D eigenvalue weighted by atomic mass is 9.88. The summed E-state index contributed by atoms with van der Waals surface area (Å²) in [6, 6.07) is 0.